The molecule has 19 heavy (non-hydrogen) atoms. The van der Waals surface area contributed by atoms with E-state index in [1.807, 2.05) is 6.20 Å². The number of fused-ring (bicyclic) bond motifs is 1. The highest BCUT2D eigenvalue weighted by Crippen LogP contribution is 2.31. The molecule has 5 heteroatoms. The number of aromatic nitrogens is 2. The molecule has 0 bridgehead atoms. The lowest BCUT2D eigenvalue weighted by atomic mass is 9.84. The largest absolute Gasteiger partial charge is 0.390 e. The highest BCUT2D eigenvalue weighted by molar-refractivity contribution is 5.37. The van der Waals surface area contributed by atoms with Crippen molar-refractivity contribution in [2.24, 2.45) is 5.92 Å². The molecule has 1 aromatic rings. The van der Waals surface area contributed by atoms with Crippen LogP contribution in [-0.2, 0) is 6.61 Å². The van der Waals surface area contributed by atoms with Crippen LogP contribution in [0.3, 0.4) is 0 Å². The number of rotatable bonds is 2. The van der Waals surface area contributed by atoms with Crippen LogP contribution in [-0.4, -0.2) is 52.7 Å². The maximum atomic E-state index is 9.15. The third-order valence-corrected chi connectivity index (χ3v) is 4.50. The van der Waals surface area contributed by atoms with Gasteiger partial charge in [-0.2, -0.15) is 0 Å². The van der Waals surface area contributed by atoms with E-state index in [1.165, 1.54) is 25.8 Å². The van der Waals surface area contributed by atoms with Crippen molar-refractivity contribution >= 4 is 5.82 Å². The van der Waals surface area contributed by atoms with Gasteiger partial charge in [0, 0.05) is 19.1 Å². The van der Waals surface area contributed by atoms with Gasteiger partial charge < -0.3 is 14.9 Å². The van der Waals surface area contributed by atoms with Crippen molar-refractivity contribution in [2.75, 3.05) is 31.6 Å². The van der Waals surface area contributed by atoms with Crippen LogP contribution in [0, 0.1) is 5.92 Å². The van der Waals surface area contributed by atoms with Crippen LogP contribution in [0.25, 0.3) is 0 Å². The van der Waals surface area contributed by atoms with E-state index < -0.39 is 0 Å². The number of hydrogen-bond acceptors (Lipinski definition) is 5. The fourth-order valence-corrected chi connectivity index (χ4v) is 3.48. The number of piperidine rings is 2. The molecular formula is C14H22N4O. The molecule has 0 aromatic carbocycles. The minimum absolute atomic E-state index is 0.0382. The number of aliphatic hydroxyl groups excluding tert-OH is 1. The zero-order chi connectivity index (χ0) is 13.2. The fraction of sp³-hybridized carbons (Fsp3) is 0.714. The molecule has 3 heterocycles. The molecule has 2 aliphatic rings. The van der Waals surface area contributed by atoms with Gasteiger partial charge in [0.25, 0.3) is 0 Å². The van der Waals surface area contributed by atoms with Crippen LogP contribution < -0.4 is 4.90 Å². The minimum atomic E-state index is -0.0382. The van der Waals surface area contributed by atoms with E-state index in [4.69, 9.17) is 5.11 Å². The predicted molar refractivity (Wildman–Crippen MR) is 73.9 cm³/mol. The van der Waals surface area contributed by atoms with Gasteiger partial charge >= 0.3 is 0 Å². The zero-order valence-corrected chi connectivity index (χ0v) is 11.5. The Morgan fingerprint density at radius 1 is 1.32 bits per heavy atom. The van der Waals surface area contributed by atoms with Crippen LogP contribution in [0.15, 0.2) is 12.4 Å². The summed E-state index contributed by atoms with van der Waals surface area (Å²) in [4.78, 5) is 13.5. The molecule has 2 unspecified atom stereocenters. The average molecular weight is 262 g/mol. The van der Waals surface area contributed by atoms with Crippen LogP contribution in [0.1, 0.15) is 25.0 Å². The van der Waals surface area contributed by atoms with Crippen LogP contribution >= 0.6 is 0 Å². The zero-order valence-electron chi connectivity index (χ0n) is 11.5. The molecule has 0 amide bonds. The molecular weight excluding hydrogens is 240 g/mol. The Morgan fingerprint density at radius 2 is 2.21 bits per heavy atom. The molecule has 1 aromatic heterocycles. The molecule has 2 aliphatic heterocycles. The normalized spacial score (nSPS) is 28.2. The summed E-state index contributed by atoms with van der Waals surface area (Å²) in [6, 6.07) is 0.735. The number of hydrogen-bond donors (Lipinski definition) is 1. The van der Waals surface area contributed by atoms with Crippen molar-refractivity contribution in [2.45, 2.75) is 31.9 Å². The Hall–Kier alpha value is -1.20. The van der Waals surface area contributed by atoms with Crippen molar-refractivity contribution in [3.63, 3.8) is 0 Å². The van der Waals surface area contributed by atoms with Crippen molar-refractivity contribution in [1.82, 2.24) is 14.9 Å². The SMILES string of the molecule is CN1CCCC2CN(c3cncc(CO)n3)CCC21. The second-order valence-corrected chi connectivity index (χ2v) is 5.71. The maximum Gasteiger partial charge on any atom is 0.147 e. The first-order chi connectivity index (χ1) is 9.28. The van der Waals surface area contributed by atoms with Gasteiger partial charge in [0.2, 0.25) is 0 Å². The second kappa shape index (κ2) is 5.43. The average Bonchev–Trinajstić information content (AvgIpc) is 2.47. The summed E-state index contributed by atoms with van der Waals surface area (Å²) >= 11 is 0. The van der Waals surface area contributed by atoms with Gasteiger partial charge in [-0.3, -0.25) is 4.98 Å². The standard InChI is InChI=1S/C14H22N4O/c1-17-5-2-3-11-9-18(6-4-13(11)17)14-8-15-7-12(10-19)16-14/h7-8,11,13,19H,2-6,9-10H2,1H3. The first kappa shape index (κ1) is 12.8. The van der Waals surface area contributed by atoms with Crippen molar-refractivity contribution in [3.8, 4) is 0 Å². The molecule has 2 atom stereocenters. The van der Waals surface area contributed by atoms with Gasteiger partial charge in [0.1, 0.15) is 5.82 Å². The highest BCUT2D eigenvalue weighted by Gasteiger charge is 2.34. The van der Waals surface area contributed by atoms with Gasteiger partial charge in [-0.05, 0) is 38.8 Å². The predicted octanol–water partition coefficient (Wildman–Crippen LogP) is 0.889. The van der Waals surface area contributed by atoms with Crippen molar-refractivity contribution < 1.29 is 5.11 Å². The van der Waals surface area contributed by atoms with E-state index in [2.05, 4.69) is 26.8 Å². The number of anilines is 1. The lowest BCUT2D eigenvalue weighted by Crippen LogP contribution is -2.52. The topological polar surface area (TPSA) is 52.5 Å². The van der Waals surface area contributed by atoms with E-state index in [1.54, 1.807) is 6.20 Å². The number of nitrogens with zero attached hydrogens (tertiary/aromatic N) is 4. The smallest absolute Gasteiger partial charge is 0.147 e. The summed E-state index contributed by atoms with van der Waals surface area (Å²) in [6.45, 7) is 3.30. The Kier molecular flexibility index (Phi) is 3.66. The first-order valence-corrected chi connectivity index (χ1v) is 7.15. The van der Waals surface area contributed by atoms with Crippen LogP contribution in [0.2, 0.25) is 0 Å². The van der Waals surface area contributed by atoms with Gasteiger partial charge in [0.05, 0.1) is 24.7 Å². The monoisotopic (exact) mass is 262 g/mol. The lowest BCUT2D eigenvalue weighted by molar-refractivity contribution is 0.102. The Morgan fingerprint density at radius 3 is 3.05 bits per heavy atom. The van der Waals surface area contributed by atoms with Gasteiger partial charge in [0.15, 0.2) is 0 Å². The molecule has 0 saturated carbocycles. The quantitative estimate of drug-likeness (QED) is 0.858. The maximum absolute atomic E-state index is 9.15. The van der Waals surface area contributed by atoms with E-state index in [0.29, 0.717) is 5.69 Å². The highest BCUT2D eigenvalue weighted by atomic mass is 16.3. The van der Waals surface area contributed by atoms with Gasteiger partial charge in [-0.1, -0.05) is 0 Å². The van der Waals surface area contributed by atoms with Gasteiger partial charge in [-0.15, -0.1) is 0 Å². The third kappa shape index (κ3) is 2.58. The Balaban J connectivity index is 1.73. The third-order valence-electron chi connectivity index (χ3n) is 4.50. The van der Waals surface area contributed by atoms with Crippen LogP contribution in [0.4, 0.5) is 5.82 Å². The molecule has 3 rings (SSSR count). The first-order valence-electron chi connectivity index (χ1n) is 7.15. The summed E-state index contributed by atoms with van der Waals surface area (Å²) in [5.74, 6) is 1.66. The molecule has 5 nitrogen and oxygen atoms in total. The number of likely N-dealkylation sites (tertiary alicyclic amines) is 1. The Bertz CT molecular complexity index is 439. The van der Waals surface area contributed by atoms with Crippen molar-refractivity contribution in [3.05, 3.63) is 18.1 Å². The van der Waals surface area contributed by atoms with E-state index in [0.717, 1.165) is 30.9 Å². The van der Waals surface area contributed by atoms with Gasteiger partial charge in [-0.25, -0.2) is 4.98 Å². The van der Waals surface area contributed by atoms with Crippen LogP contribution in [0.5, 0.6) is 0 Å². The molecule has 0 radical (unpaired) electrons. The Labute approximate surface area is 114 Å². The minimum Gasteiger partial charge on any atom is -0.390 e. The molecule has 1 N–H and O–H groups in total. The molecule has 0 aliphatic carbocycles. The second-order valence-electron chi connectivity index (χ2n) is 5.71. The van der Waals surface area contributed by atoms with E-state index in [9.17, 15) is 0 Å². The summed E-state index contributed by atoms with van der Waals surface area (Å²) in [7, 11) is 2.25. The number of aliphatic hydroxyl groups is 1. The molecule has 0 spiro atoms. The fourth-order valence-electron chi connectivity index (χ4n) is 3.48. The molecule has 2 fully saturated rings. The van der Waals surface area contributed by atoms with E-state index in [-0.39, 0.29) is 6.61 Å². The van der Waals surface area contributed by atoms with Crippen molar-refractivity contribution in [1.29, 1.82) is 0 Å². The summed E-state index contributed by atoms with van der Waals surface area (Å²) in [5.41, 5.74) is 0.653. The summed E-state index contributed by atoms with van der Waals surface area (Å²) in [5, 5.41) is 9.15. The lowest BCUT2D eigenvalue weighted by Gasteiger charge is -2.46. The molecule has 104 valence electrons. The summed E-state index contributed by atoms with van der Waals surface area (Å²) < 4.78 is 0. The molecule has 2 saturated heterocycles. The summed E-state index contributed by atoms with van der Waals surface area (Å²) in [6.07, 6.45) is 7.26. The van der Waals surface area contributed by atoms with E-state index >= 15 is 0 Å².